The van der Waals surface area contributed by atoms with Crippen LogP contribution in [0.3, 0.4) is 0 Å². The van der Waals surface area contributed by atoms with Gasteiger partial charge in [0.05, 0.1) is 22.0 Å². The third-order valence-corrected chi connectivity index (χ3v) is 11.6. The Labute approximate surface area is 245 Å². The molecule has 0 aliphatic carbocycles. The first-order valence-corrected chi connectivity index (χ1v) is 17.3. The second-order valence-corrected chi connectivity index (χ2v) is 15.0. The summed E-state index contributed by atoms with van der Waals surface area (Å²) in [4.78, 5) is 0.389. The highest BCUT2D eigenvalue weighted by molar-refractivity contribution is 7.89. The number of hydrogen-bond acceptors (Lipinski definition) is 9. The van der Waals surface area contributed by atoms with Crippen molar-refractivity contribution in [1.29, 1.82) is 0 Å². The highest BCUT2D eigenvalue weighted by Gasteiger charge is 2.44. The molecule has 0 radical (unpaired) electrons. The van der Waals surface area contributed by atoms with Gasteiger partial charge in [0.1, 0.15) is 18.5 Å². The van der Waals surface area contributed by atoms with E-state index in [1.807, 2.05) is 22.9 Å². The van der Waals surface area contributed by atoms with E-state index in [1.165, 1.54) is 19.2 Å². The van der Waals surface area contributed by atoms with E-state index < -0.39 is 26.2 Å². The van der Waals surface area contributed by atoms with Gasteiger partial charge in [0.15, 0.2) is 0 Å². The molecule has 222 valence electrons. The molecule has 0 saturated carbocycles. The van der Waals surface area contributed by atoms with Gasteiger partial charge >= 0.3 is 0 Å². The number of nitrogens with one attached hydrogen (secondary N) is 2. The van der Waals surface area contributed by atoms with Crippen LogP contribution in [0, 0.1) is 0 Å². The zero-order valence-corrected chi connectivity index (χ0v) is 25.2. The number of aliphatic hydroxyl groups excluding tert-OH is 1. The van der Waals surface area contributed by atoms with Crippen LogP contribution in [0.25, 0.3) is 11.1 Å². The van der Waals surface area contributed by atoms with E-state index in [2.05, 4.69) is 10.0 Å². The lowest BCUT2D eigenvalue weighted by atomic mass is 9.88. The fraction of sp³-hybridized carbons (Fsp3) is 0.429. The van der Waals surface area contributed by atoms with Gasteiger partial charge in [-0.3, -0.25) is 0 Å². The average Bonchev–Trinajstić information content (AvgIpc) is 3.66. The van der Waals surface area contributed by atoms with Crippen LogP contribution in [-0.2, 0) is 24.8 Å². The van der Waals surface area contributed by atoms with Crippen LogP contribution in [0.4, 0.5) is 0 Å². The van der Waals surface area contributed by atoms with Crippen molar-refractivity contribution in [1.82, 2.24) is 14.3 Å². The molecule has 2 atom stereocenters. The number of benzene rings is 2. The molecule has 41 heavy (non-hydrogen) atoms. The van der Waals surface area contributed by atoms with E-state index in [4.69, 9.17) is 9.47 Å². The van der Waals surface area contributed by atoms with Crippen molar-refractivity contribution < 1.29 is 31.4 Å². The van der Waals surface area contributed by atoms with Crippen molar-refractivity contribution in [2.24, 2.45) is 0 Å². The number of thiophene rings is 1. The Balaban J connectivity index is 1.09. The fourth-order valence-corrected chi connectivity index (χ4v) is 8.19. The summed E-state index contributed by atoms with van der Waals surface area (Å²) in [5.74, 6) is 0.350. The summed E-state index contributed by atoms with van der Waals surface area (Å²) in [6, 6.07) is 15.2. The lowest BCUT2D eigenvalue weighted by Gasteiger charge is -2.38. The Hall–Kier alpha value is -2.36. The molecule has 1 spiro atoms. The lowest BCUT2D eigenvalue weighted by molar-refractivity contribution is -0.0312. The van der Waals surface area contributed by atoms with Gasteiger partial charge in [0, 0.05) is 31.7 Å². The largest absolute Gasteiger partial charge is 0.491 e. The normalized spacial score (nSPS) is 20.3. The maximum absolute atomic E-state index is 13.4. The standard InChI is InChI=1S/C28H35N3O7S3/c1-29-40(33,34)26-6-3-5-25(15-26)37-19-24(32)17-30-23-16-28(38-18-23)9-11-31(12-10-28)41(35,36)27-7-2-4-21(14-27)22-8-13-39-20-22/h2-8,13-15,20,23-24,29-30,32H,9-12,16-19H2,1H3. The summed E-state index contributed by atoms with van der Waals surface area (Å²) in [5.41, 5.74) is 1.51. The first kappa shape index (κ1) is 30.1. The zero-order valence-electron chi connectivity index (χ0n) is 22.7. The maximum atomic E-state index is 13.4. The van der Waals surface area contributed by atoms with E-state index in [9.17, 15) is 21.9 Å². The summed E-state index contributed by atoms with van der Waals surface area (Å²) in [7, 11) is -5.86. The van der Waals surface area contributed by atoms with Crippen molar-refractivity contribution in [3.05, 3.63) is 65.4 Å². The van der Waals surface area contributed by atoms with Gasteiger partial charge in [-0.1, -0.05) is 18.2 Å². The number of nitrogens with zero attached hydrogens (tertiary/aromatic N) is 1. The minimum absolute atomic E-state index is 0.00476. The topological polar surface area (TPSA) is 134 Å². The van der Waals surface area contributed by atoms with E-state index in [0.29, 0.717) is 43.2 Å². The van der Waals surface area contributed by atoms with Gasteiger partial charge in [-0.05, 0) is 78.5 Å². The number of aliphatic hydroxyl groups is 1. The van der Waals surface area contributed by atoms with Gasteiger partial charge in [-0.15, -0.1) is 0 Å². The molecule has 2 aromatic carbocycles. The van der Waals surface area contributed by atoms with Crippen molar-refractivity contribution in [2.45, 2.75) is 46.8 Å². The van der Waals surface area contributed by atoms with Gasteiger partial charge in [-0.2, -0.15) is 15.6 Å². The summed E-state index contributed by atoms with van der Waals surface area (Å²) >= 11 is 1.58. The molecule has 2 saturated heterocycles. The van der Waals surface area contributed by atoms with Crippen LogP contribution in [0.2, 0.25) is 0 Å². The Morgan fingerprint density at radius 3 is 2.56 bits per heavy atom. The molecule has 0 amide bonds. The van der Waals surface area contributed by atoms with Crippen LogP contribution in [-0.4, -0.2) is 83.9 Å². The van der Waals surface area contributed by atoms with Crippen molar-refractivity contribution in [3.63, 3.8) is 0 Å². The molecule has 5 rings (SSSR count). The number of sulfonamides is 2. The van der Waals surface area contributed by atoms with Crippen LogP contribution in [0.1, 0.15) is 19.3 Å². The van der Waals surface area contributed by atoms with Gasteiger partial charge in [-0.25, -0.2) is 21.6 Å². The second-order valence-electron chi connectivity index (χ2n) is 10.4. The molecule has 2 aliphatic rings. The summed E-state index contributed by atoms with van der Waals surface area (Å²) in [5, 5.41) is 17.7. The second kappa shape index (κ2) is 12.5. The number of ether oxygens (including phenoxy) is 2. The molecular formula is C28H35N3O7S3. The summed E-state index contributed by atoms with van der Waals surface area (Å²) in [6.45, 7) is 1.52. The minimum Gasteiger partial charge on any atom is -0.491 e. The van der Waals surface area contributed by atoms with E-state index in [1.54, 1.807) is 46.0 Å². The number of rotatable bonds is 11. The smallest absolute Gasteiger partial charge is 0.243 e. The van der Waals surface area contributed by atoms with Crippen LogP contribution >= 0.6 is 11.3 Å². The van der Waals surface area contributed by atoms with Crippen LogP contribution in [0.5, 0.6) is 5.75 Å². The van der Waals surface area contributed by atoms with Gasteiger partial charge in [0.2, 0.25) is 20.0 Å². The first-order valence-electron chi connectivity index (χ1n) is 13.4. The summed E-state index contributed by atoms with van der Waals surface area (Å²) in [6.07, 6.45) is 1.12. The number of piperidine rings is 1. The molecular weight excluding hydrogens is 587 g/mol. The predicted molar refractivity (Wildman–Crippen MR) is 157 cm³/mol. The predicted octanol–water partition coefficient (Wildman–Crippen LogP) is 2.66. The Morgan fingerprint density at radius 2 is 1.83 bits per heavy atom. The Kier molecular flexibility index (Phi) is 9.16. The molecule has 2 aliphatic heterocycles. The maximum Gasteiger partial charge on any atom is 0.243 e. The van der Waals surface area contributed by atoms with Gasteiger partial charge < -0.3 is 19.9 Å². The van der Waals surface area contributed by atoms with Crippen molar-refractivity contribution in [3.8, 4) is 16.9 Å². The van der Waals surface area contributed by atoms with Crippen LogP contribution < -0.4 is 14.8 Å². The molecule has 10 nitrogen and oxygen atoms in total. The van der Waals surface area contributed by atoms with Gasteiger partial charge in [0.25, 0.3) is 0 Å². The number of hydrogen-bond donors (Lipinski definition) is 3. The first-order chi connectivity index (χ1) is 19.6. The molecule has 13 heteroatoms. The SMILES string of the molecule is CNS(=O)(=O)c1cccc(OCC(O)CNC2COC3(CCN(S(=O)(=O)c4cccc(-c5ccsc5)c4)CC3)C2)c1. The van der Waals surface area contributed by atoms with E-state index >= 15 is 0 Å². The molecule has 0 bridgehead atoms. The zero-order chi connectivity index (χ0) is 29.1. The third kappa shape index (κ3) is 7.00. The molecule has 1 aromatic heterocycles. The molecule has 3 heterocycles. The fourth-order valence-electron chi connectivity index (χ4n) is 5.27. The van der Waals surface area contributed by atoms with Crippen molar-refractivity contribution >= 4 is 31.4 Å². The quantitative estimate of drug-likeness (QED) is 0.298. The molecule has 3 N–H and O–H groups in total. The van der Waals surface area contributed by atoms with E-state index in [0.717, 1.165) is 17.5 Å². The van der Waals surface area contributed by atoms with Crippen molar-refractivity contribution in [2.75, 3.05) is 39.9 Å². The van der Waals surface area contributed by atoms with E-state index in [-0.39, 0.29) is 29.7 Å². The van der Waals surface area contributed by atoms with Crippen LogP contribution in [0.15, 0.2) is 75.1 Å². The Bertz CT molecular complexity index is 1540. The molecule has 2 unspecified atom stereocenters. The monoisotopic (exact) mass is 621 g/mol. The minimum atomic E-state index is -3.62. The lowest BCUT2D eigenvalue weighted by Crippen LogP contribution is -2.47. The highest BCUT2D eigenvalue weighted by atomic mass is 32.2. The average molecular weight is 622 g/mol. The Morgan fingerprint density at radius 1 is 1.07 bits per heavy atom. The highest BCUT2D eigenvalue weighted by Crippen LogP contribution is 2.37. The molecule has 2 fully saturated rings. The molecule has 3 aromatic rings. The third-order valence-electron chi connectivity index (χ3n) is 7.64. The summed E-state index contributed by atoms with van der Waals surface area (Å²) < 4.78 is 66.4.